The third-order valence-electron chi connectivity index (χ3n) is 5.41. The van der Waals surface area contributed by atoms with Gasteiger partial charge in [0.25, 0.3) is 20.9 Å². The highest BCUT2D eigenvalue weighted by Gasteiger charge is 2.20. The molecule has 11 nitrogen and oxygen atoms in total. The Kier molecular flexibility index (Phi) is 7.36. The van der Waals surface area contributed by atoms with Gasteiger partial charge in [0.05, 0.1) is 28.4 Å². The Balaban J connectivity index is 1.47. The number of fused-ring (bicyclic) bond motifs is 1. The number of oxazole rings is 1. The second-order valence-electron chi connectivity index (χ2n) is 7.96. The highest BCUT2D eigenvalue weighted by atomic mass is 32.2. The van der Waals surface area contributed by atoms with Crippen LogP contribution in [0.4, 0.5) is 17.1 Å². The van der Waals surface area contributed by atoms with Crippen molar-refractivity contribution in [3.05, 3.63) is 75.8 Å². The number of nitro benzene ring substituents is 1. The first-order chi connectivity index (χ1) is 17.6. The van der Waals surface area contributed by atoms with E-state index in [1.54, 1.807) is 44.2 Å². The average molecular weight is 543 g/mol. The van der Waals surface area contributed by atoms with Gasteiger partial charge in [-0.1, -0.05) is 23.9 Å². The Morgan fingerprint density at radius 1 is 1.11 bits per heavy atom. The molecule has 0 fully saturated rings. The summed E-state index contributed by atoms with van der Waals surface area (Å²) in [4.78, 5) is 27.5. The van der Waals surface area contributed by atoms with Crippen molar-refractivity contribution in [3.63, 3.8) is 0 Å². The number of para-hydroxylation sites is 2. The molecule has 0 radical (unpaired) electrons. The molecule has 192 valence electrons. The fraction of sp³-hybridized carbons (Fsp3) is 0.167. The molecule has 0 saturated carbocycles. The number of rotatable bonds is 9. The number of nitrogens with zero attached hydrogens (tertiary/aromatic N) is 2. The topological polar surface area (TPSA) is 154 Å². The third-order valence-corrected chi connectivity index (χ3v) is 7.60. The van der Waals surface area contributed by atoms with Gasteiger partial charge in [-0.15, -0.1) is 0 Å². The van der Waals surface area contributed by atoms with Crippen LogP contribution in [0.15, 0.2) is 69.1 Å². The number of anilines is 2. The number of nitro groups is 1. The van der Waals surface area contributed by atoms with Gasteiger partial charge < -0.3 is 14.5 Å². The second-order valence-corrected chi connectivity index (χ2v) is 10.6. The zero-order valence-electron chi connectivity index (χ0n) is 20.0. The maximum atomic E-state index is 12.9. The Bertz CT molecular complexity index is 1620. The minimum Gasteiger partial charge on any atom is -0.495 e. The van der Waals surface area contributed by atoms with E-state index in [1.807, 2.05) is 0 Å². The molecule has 1 aromatic heterocycles. The summed E-state index contributed by atoms with van der Waals surface area (Å²) in [6.45, 7) is 3.55. The van der Waals surface area contributed by atoms with Crippen molar-refractivity contribution in [2.45, 2.75) is 24.0 Å². The van der Waals surface area contributed by atoms with E-state index in [0.29, 0.717) is 11.3 Å². The molecule has 4 aromatic rings. The van der Waals surface area contributed by atoms with Gasteiger partial charge in [-0.3, -0.25) is 19.6 Å². The highest BCUT2D eigenvalue weighted by Crippen LogP contribution is 2.30. The summed E-state index contributed by atoms with van der Waals surface area (Å²) in [6, 6.07) is 13.8. The minimum atomic E-state index is -3.94. The second kappa shape index (κ2) is 10.5. The van der Waals surface area contributed by atoms with E-state index in [-0.39, 0.29) is 38.4 Å². The largest absolute Gasteiger partial charge is 0.495 e. The first-order valence-electron chi connectivity index (χ1n) is 10.8. The highest BCUT2D eigenvalue weighted by molar-refractivity contribution is 7.99. The molecule has 37 heavy (non-hydrogen) atoms. The summed E-state index contributed by atoms with van der Waals surface area (Å²) in [5.74, 6) is -0.239. The zero-order chi connectivity index (χ0) is 26.7. The van der Waals surface area contributed by atoms with Gasteiger partial charge in [-0.25, -0.2) is 13.4 Å². The van der Waals surface area contributed by atoms with Gasteiger partial charge in [0, 0.05) is 6.07 Å². The van der Waals surface area contributed by atoms with Gasteiger partial charge >= 0.3 is 0 Å². The number of carbonyl (C=O) groups excluding carboxylic acids is 1. The lowest BCUT2D eigenvalue weighted by molar-refractivity contribution is -0.384. The van der Waals surface area contributed by atoms with Crippen molar-refractivity contribution in [2.24, 2.45) is 0 Å². The number of hydrogen-bond acceptors (Lipinski definition) is 9. The lowest BCUT2D eigenvalue weighted by Crippen LogP contribution is -2.15. The maximum absolute atomic E-state index is 12.9. The number of amides is 1. The molecule has 0 aliphatic carbocycles. The van der Waals surface area contributed by atoms with Crippen LogP contribution in [0.1, 0.15) is 11.1 Å². The van der Waals surface area contributed by atoms with E-state index in [9.17, 15) is 23.3 Å². The molecule has 2 N–H and O–H groups in total. The van der Waals surface area contributed by atoms with E-state index in [4.69, 9.17) is 9.15 Å². The average Bonchev–Trinajstić information content (AvgIpc) is 3.27. The van der Waals surface area contributed by atoms with Crippen LogP contribution in [-0.4, -0.2) is 37.1 Å². The first kappa shape index (κ1) is 26.0. The fourth-order valence-electron chi connectivity index (χ4n) is 3.41. The molecular weight excluding hydrogens is 520 g/mol. The Morgan fingerprint density at radius 2 is 1.84 bits per heavy atom. The van der Waals surface area contributed by atoms with Crippen LogP contribution >= 0.6 is 11.8 Å². The van der Waals surface area contributed by atoms with Gasteiger partial charge in [0.2, 0.25) is 5.91 Å². The molecule has 3 aromatic carbocycles. The van der Waals surface area contributed by atoms with E-state index in [1.165, 1.54) is 31.4 Å². The van der Waals surface area contributed by atoms with Gasteiger partial charge in [0.15, 0.2) is 5.58 Å². The van der Waals surface area contributed by atoms with Crippen LogP contribution in [0, 0.1) is 24.0 Å². The standard InChI is InChI=1S/C24H22N4O7S2/c1-14-10-18(20(28(30)31)11-15(14)2)25-23(29)13-36-24-26-19-12-16(8-9-22(19)35-24)37(32,33)27-17-6-4-5-7-21(17)34-3/h4-12,27H,13H2,1-3H3,(H,25,29). The van der Waals surface area contributed by atoms with Crippen molar-refractivity contribution in [1.29, 1.82) is 0 Å². The van der Waals surface area contributed by atoms with Crippen LogP contribution in [0.5, 0.6) is 5.75 Å². The number of carbonyl (C=O) groups is 1. The minimum absolute atomic E-state index is 0.0319. The molecule has 1 amide bonds. The Hall–Kier alpha value is -4.10. The summed E-state index contributed by atoms with van der Waals surface area (Å²) in [5, 5.41) is 14.1. The Morgan fingerprint density at radius 3 is 2.57 bits per heavy atom. The van der Waals surface area contributed by atoms with E-state index >= 15 is 0 Å². The number of methoxy groups -OCH3 is 1. The molecule has 0 atom stereocenters. The molecule has 0 saturated heterocycles. The molecule has 1 heterocycles. The number of nitrogens with one attached hydrogen (secondary N) is 2. The number of ether oxygens (including phenoxy) is 1. The van der Waals surface area contributed by atoms with Crippen molar-refractivity contribution in [2.75, 3.05) is 22.9 Å². The monoisotopic (exact) mass is 542 g/mol. The van der Waals surface area contributed by atoms with Gasteiger partial charge in [-0.05, 0) is 61.4 Å². The molecule has 0 bridgehead atoms. The molecule has 0 spiro atoms. The maximum Gasteiger partial charge on any atom is 0.293 e. The molecule has 4 rings (SSSR count). The lowest BCUT2D eigenvalue weighted by atomic mass is 10.1. The summed E-state index contributed by atoms with van der Waals surface area (Å²) in [5.41, 5.74) is 2.37. The molecule has 13 heteroatoms. The predicted octanol–water partition coefficient (Wildman–Crippen LogP) is 4.89. The van der Waals surface area contributed by atoms with Crippen molar-refractivity contribution in [1.82, 2.24) is 4.98 Å². The quantitative estimate of drug-likeness (QED) is 0.171. The van der Waals surface area contributed by atoms with Crippen molar-refractivity contribution >= 4 is 55.9 Å². The summed E-state index contributed by atoms with van der Waals surface area (Å²) >= 11 is 0.975. The van der Waals surface area contributed by atoms with E-state index < -0.39 is 20.9 Å². The van der Waals surface area contributed by atoms with Crippen LogP contribution in [0.25, 0.3) is 11.1 Å². The van der Waals surface area contributed by atoms with E-state index in [2.05, 4.69) is 15.0 Å². The Labute approximate surface area is 216 Å². The van der Waals surface area contributed by atoms with Gasteiger partial charge in [-0.2, -0.15) is 0 Å². The van der Waals surface area contributed by atoms with Crippen LogP contribution < -0.4 is 14.8 Å². The number of thioether (sulfide) groups is 1. The number of aryl methyl sites for hydroxylation is 2. The summed E-state index contributed by atoms with van der Waals surface area (Å²) in [6.07, 6.45) is 0. The van der Waals surface area contributed by atoms with Crippen molar-refractivity contribution < 1.29 is 27.3 Å². The fourth-order valence-corrected chi connectivity index (χ4v) is 5.14. The van der Waals surface area contributed by atoms with Crippen LogP contribution in [0.2, 0.25) is 0 Å². The lowest BCUT2D eigenvalue weighted by Gasteiger charge is -2.11. The number of hydrogen-bond donors (Lipinski definition) is 2. The number of benzene rings is 3. The third kappa shape index (κ3) is 5.84. The van der Waals surface area contributed by atoms with Crippen LogP contribution in [-0.2, 0) is 14.8 Å². The molecular formula is C24H22N4O7S2. The molecule has 0 unspecified atom stereocenters. The van der Waals surface area contributed by atoms with Crippen LogP contribution in [0.3, 0.4) is 0 Å². The molecule has 0 aliphatic heterocycles. The van der Waals surface area contributed by atoms with Crippen molar-refractivity contribution in [3.8, 4) is 5.75 Å². The summed E-state index contributed by atoms with van der Waals surface area (Å²) in [7, 11) is -2.50. The first-order valence-corrected chi connectivity index (χ1v) is 13.3. The summed E-state index contributed by atoms with van der Waals surface area (Å²) < 4.78 is 39.1. The normalized spacial score (nSPS) is 11.3. The predicted molar refractivity (Wildman–Crippen MR) is 140 cm³/mol. The van der Waals surface area contributed by atoms with E-state index in [0.717, 1.165) is 22.9 Å². The number of sulfonamides is 1. The number of aromatic nitrogens is 1. The smallest absolute Gasteiger partial charge is 0.293 e. The van der Waals surface area contributed by atoms with Gasteiger partial charge in [0.1, 0.15) is 17.0 Å². The molecule has 0 aliphatic rings. The SMILES string of the molecule is COc1ccccc1NS(=O)(=O)c1ccc2oc(SCC(=O)Nc3cc(C)c(C)cc3[N+](=O)[O-])nc2c1. The zero-order valence-corrected chi connectivity index (χ0v) is 21.6.